The number of hydrogen-bond donors (Lipinski definition) is 1. The van der Waals surface area contributed by atoms with Gasteiger partial charge in [-0.05, 0) is 39.7 Å². The van der Waals surface area contributed by atoms with E-state index in [4.69, 9.17) is 4.74 Å². The number of aromatic nitrogens is 2. The van der Waals surface area contributed by atoms with Crippen LogP contribution in [0.25, 0.3) is 0 Å². The van der Waals surface area contributed by atoms with Gasteiger partial charge in [0.25, 0.3) is 0 Å². The van der Waals surface area contributed by atoms with E-state index in [1.54, 1.807) is 19.4 Å². The van der Waals surface area contributed by atoms with E-state index in [1.165, 1.54) is 0 Å². The second kappa shape index (κ2) is 11.0. The van der Waals surface area contributed by atoms with Gasteiger partial charge in [0.05, 0.1) is 0 Å². The van der Waals surface area contributed by atoms with Crippen molar-refractivity contribution in [3.63, 3.8) is 0 Å². The molecule has 2 heterocycles. The number of rotatable bonds is 5. The third kappa shape index (κ3) is 7.13. The molecule has 1 aliphatic heterocycles. The summed E-state index contributed by atoms with van der Waals surface area (Å²) in [6.45, 7) is 10.3. The molecule has 168 valence electrons. The molecule has 1 amide bonds. The number of anilines is 1. The molecular formula is C20H34IN7O2. The van der Waals surface area contributed by atoms with Crippen molar-refractivity contribution >= 4 is 42.0 Å². The van der Waals surface area contributed by atoms with Gasteiger partial charge in [0, 0.05) is 64.8 Å². The van der Waals surface area contributed by atoms with Gasteiger partial charge in [-0.25, -0.2) is 14.8 Å². The number of amides is 1. The van der Waals surface area contributed by atoms with Gasteiger partial charge >= 0.3 is 6.09 Å². The van der Waals surface area contributed by atoms with E-state index in [0.29, 0.717) is 19.1 Å². The summed E-state index contributed by atoms with van der Waals surface area (Å²) in [4.78, 5) is 31.8. The normalized spacial score (nSPS) is 17.3. The smallest absolute Gasteiger partial charge is 0.410 e. The van der Waals surface area contributed by atoms with Gasteiger partial charge in [-0.3, -0.25) is 4.99 Å². The molecule has 0 unspecified atom stereocenters. The van der Waals surface area contributed by atoms with E-state index in [2.05, 4.69) is 30.1 Å². The zero-order valence-electron chi connectivity index (χ0n) is 18.4. The lowest BCUT2D eigenvalue weighted by Gasteiger charge is -2.36. The van der Waals surface area contributed by atoms with Gasteiger partial charge in [-0.15, -0.1) is 24.0 Å². The first-order valence-corrected chi connectivity index (χ1v) is 10.3. The highest BCUT2D eigenvalue weighted by Gasteiger charge is 2.35. The number of nitrogens with zero attached hydrogens (tertiary/aromatic N) is 6. The van der Waals surface area contributed by atoms with Crippen LogP contribution in [-0.4, -0.2) is 89.8 Å². The molecule has 0 atom stereocenters. The highest BCUT2D eigenvalue weighted by Crippen LogP contribution is 2.28. The first kappa shape index (κ1) is 24.4. The summed E-state index contributed by atoms with van der Waals surface area (Å²) >= 11 is 0. The molecule has 1 aliphatic carbocycles. The van der Waals surface area contributed by atoms with Gasteiger partial charge < -0.3 is 24.8 Å². The number of guanidine groups is 1. The highest BCUT2D eigenvalue weighted by molar-refractivity contribution is 14.0. The second-order valence-electron chi connectivity index (χ2n) is 8.40. The molecule has 1 saturated carbocycles. The van der Waals surface area contributed by atoms with Crippen molar-refractivity contribution in [2.24, 2.45) is 4.99 Å². The lowest BCUT2D eigenvalue weighted by atomic mass is 10.2. The summed E-state index contributed by atoms with van der Waals surface area (Å²) in [7, 11) is 1.79. The third-order valence-corrected chi connectivity index (χ3v) is 4.88. The second-order valence-corrected chi connectivity index (χ2v) is 8.40. The zero-order chi connectivity index (χ0) is 20.9. The van der Waals surface area contributed by atoms with Crippen LogP contribution in [-0.2, 0) is 4.74 Å². The molecule has 1 aromatic heterocycles. The number of carbonyl (C=O) groups excluding carboxylic acids is 1. The van der Waals surface area contributed by atoms with E-state index < -0.39 is 5.60 Å². The van der Waals surface area contributed by atoms with Gasteiger partial charge in [0.2, 0.25) is 5.95 Å². The van der Waals surface area contributed by atoms with Crippen LogP contribution in [0.5, 0.6) is 0 Å². The predicted molar refractivity (Wildman–Crippen MR) is 129 cm³/mol. The monoisotopic (exact) mass is 531 g/mol. The van der Waals surface area contributed by atoms with Gasteiger partial charge in [-0.2, -0.15) is 0 Å². The fourth-order valence-corrected chi connectivity index (χ4v) is 3.32. The first-order chi connectivity index (χ1) is 13.9. The van der Waals surface area contributed by atoms with E-state index in [0.717, 1.165) is 50.9 Å². The zero-order valence-corrected chi connectivity index (χ0v) is 20.7. The van der Waals surface area contributed by atoms with E-state index in [-0.39, 0.29) is 30.1 Å². The number of piperazine rings is 1. The Morgan fingerprint density at radius 3 is 2.40 bits per heavy atom. The third-order valence-electron chi connectivity index (χ3n) is 4.88. The minimum atomic E-state index is -0.476. The van der Waals surface area contributed by atoms with Gasteiger partial charge in [0.1, 0.15) is 5.60 Å². The van der Waals surface area contributed by atoms with Crippen molar-refractivity contribution in [2.75, 3.05) is 51.2 Å². The SMILES string of the molecule is CN=C(NCCN(C(=O)OC(C)(C)C)C1CC1)N1CCN(c2ncccn2)CC1.I. The largest absolute Gasteiger partial charge is 0.444 e. The lowest BCUT2D eigenvalue weighted by Crippen LogP contribution is -2.54. The number of hydrogen-bond acceptors (Lipinski definition) is 6. The molecule has 0 spiro atoms. The van der Waals surface area contributed by atoms with Crippen molar-refractivity contribution in [3.05, 3.63) is 18.5 Å². The molecule has 10 heteroatoms. The molecule has 1 aromatic rings. The van der Waals surface area contributed by atoms with E-state index in [1.807, 2.05) is 31.7 Å². The predicted octanol–water partition coefficient (Wildman–Crippen LogP) is 2.19. The number of ether oxygens (including phenoxy) is 1. The van der Waals surface area contributed by atoms with Crippen LogP contribution in [0, 0.1) is 0 Å². The maximum atomic E-state index is 12.5. The molecule has 0 aromatic carbocycles. The molecule has 2 fully saturated rings. The molecule has 0 bridgehead atoms. The minimum absolute atomic E-state index is 0. The summed E-state index contributed by atoms with van der Waals surface area (Å²) in [6.07, 6.45) is 5.42. The van der Waals surface area contributed by atoms with Crippen molar-refractivity contribution in [2.45, 2.75) is 45.3 Å². The molecule has 0 radical (unpaired) electrons. The van der Waals surface area contributed by atoms with Crippen LogP contribution in [0.4, 0.5) is 10.7 Å². The summed E-state index contributed by atoms with van der Waals surface area (Å²) < 4.78 is 5.56. The maximum Gasteiger partial charge on any atom is 0.410 e. The average Bonchev–Trinajstić information content (AvgIpc) is 3.53. The molecule has 2 aliphatic rings. The number of nitrogens with one attached hydrogen (secondary N) is 1. The molecule has 1 N–H and O–H groups in total. The molecule has 3 rings (SSSR count). The molecule has 9 nitrogen and oxygen atoms in total. The quantitative estimate of drug-likeness (QED) is 0.354. The van der Waals surface area contributed by atoms with E-state index >= 15 is 0 Å². The topological polar surface area (TPSA) is 86.2 Å². The summed E-state index contributed by atoms with van der Waals surface area (Å²) in [5, 5.41) is 3.40. The van der Waals surface area contributed by atoms with Crippen molar-refractivity contribution in [1.82, 2.24) is 25.1 Å². The average molecular weight is 531 g/mol. The Morgan fingerprint density at radius 2 is 1.87 bits per heavy atom. The van der Waals surface area contributed by atoms with Crippen LogP contribution in [0.2, 0.25) is 0 Å². The Kier molecular flexibility index (Phi) is 8.92. The van der Waals surface area contributed by atoms with Crippen molar-refractivity contribution in [3.8, 4) is 0 Å². The standard InChI is InChI=1S/C20H33N7O2.HI/c1-20(2,3)29-19(28)27(16-6-7-16)11-10-24-17(21-4)25-12-14-26(15-13-25)18-22-8-5-9-23-18;/h5,8-9,16H,6-7,10-15H2,1-4H3,(H,21,24);1H. The fraction of sp³-hybridized carbons (Fsp3) is 0.700. The number of halogens is 1. The van der Waals surface area contributed by atoms with Crippen LogP contribution in [0.3, 0.4) is 0 Å². The van der Waals surface area contributed by atoms with Crippen LogP contribution in [0.15, 0.2) is 23.5 Å². The van der Waals surface area contributed by atoms with Crippen molar-refractivity contribution < 1.29 is 9.53 Å². The Labute approximate surface area is 196 Å². The molecule has 1 saturated heterocycles. The summed E-state index contributed by atoms with van der Waals surface area (Å²) in [6, 6.07) is 2.14. The number of aliphatic imine (C=N–C) groups is 1. The van der Waals surface area contributed by atoms with Gasteiger partial charge in [0.15, 0.2) is 5.96 Å². The van der Waals surface area contributed by atoms with Crippen LogP contribution < -0.4 is 10.2 Å². The lowest BCUT2D eigenvalue weighted by molar-refractivity contribution is 0.0237. The minimum Gasteiger partial charge on any atom is -0.444 e. The Morgan fingerprint density at radius 1 is 1.23 bits per heavy atom. The Balaban J connectivity index is 0.00000320. The maximum absolute atomic E-state index is 12.5. The van der Waals surface area contributed by atoms with Crippen LogP contribution in [0.1, 0.15) is 33.6 Å². The van der Waals surface area contributed by atoms with Gasteiger partial charge in [-0.1, -0.05) is 0 Å². The van der Waals surface area contributed by atoms with E-state index in [9.17, 15) is 4.79 Å². The summed E-state index contributed by atoms with van der Waals surface area (Å²) in [5.41, 5.74) is -0.476. The number of carbonyl (C=O) groups is 1. The van der Waals surface area contributed by atoms with Crippen LogP contribution >= 0.6 is 24.0 Å². The highest BCUT2D eigenvalue weighted by atomic mass is 127. The molecule has 30 heavy (non-hydrogen) atoms. The first-order valence-electron chi connectivity index (χ1n) is 10.3. The molecular weight excluding hydrogens is 497 g/mol. The fourth-order valence-electron chi connectivity index (χ4n) is 3.32. The van der Waals surface area contributed by atoms with Crippen molar-refractivity contribution in [1.29, 1.82) is 0 Å². The Hall–Kier alpha value is -1.85. The Bertz CT molecular complexity index is 699. The summed E-state index contributed by atoms with van der Waals surface area (Å²) in [5.74, 6) is 1.63.